The first-order valence-electron chi connectivity index (χ1n) is 7.48. The van der Waals surface area contributed by atoms with Crippen LogP contribution in [0.1, 0.15) is 46.0 Å². The van der Waals surface area contributed by atoms with Crippen LogP contribution in [0, 0.1) is 0 Å². The molecule has 4 heteroatoms. The molecule has 0 aromatic rings. The highest BCUT2D eigenvalue weighted by Gasteiger charge is 2.41. The minimum absolute atomic E-state index is 0.0823. The van der Waals surface area contributed by atoms with Gasteiger partial charge in [0.05, 0.1) is 13.5 Å². The third-order valence-electron chi connectivity index (χ3n) is 4.98. The van der Waals surface area contributed by atoms with Gasteiger partial charge in [0, 0.05) is 30.7 Å². The van der Waals surface area contributed by atoms with E-state index in [1.807, 2.05) is 0 Å². The largest absolute Gasteiger partial charge is 0.469 e. The zero-order valence-electron chi connectivity index (χ0n) is 12.8. The summed E-state index contributed by atoms with van der Waals surface area (Å²) in [6, 6.07) is 0.983. The summed E-state index contributed by atoms with van der Waals surface area (Å²) >= 11 is 0. The van der Waals surface area contributed by atoms with Crippen molar-refractivity contribution in [3.63, 3.8) is 0 Å². The molecule has 0 bridgehead atoms. The summed E-state index contributed by atoms with van der Waals surface area (Å²) in [6.07, 6.45) is 5.77. The van der Waals surface area contributed by atoms with Gasteiger partial charge >= 0.3 is 5.97 Å². The Bertz CT molecular complexity index is 324. The van der Waals surface area contributed by atoms with Crippen molar-refractivity contribution in [1.29, 1.82) is 0 Å². The molecule has 4 nitrogen and oxygen atoms in total. The third-order valence-corrected chi connectivity index (χ3v) is 4.98. The van der Waals surface area contributed by atoms with Crippen molar-refractivity contribution < 1.29 is 9.53 Å². The number of esters is 1. The minimum Gasteiger partial charge on any atom is -0.469 e. The highest BCUT2D eigenvalue weighted by atomic mass is 16.5. The fourth-order valence-corrected chi connectivity index (χ4v) is 3.49. The molecule has 0 aromatic heterocycles. The molecular formula is C15H28N2O2. The maximum absolute atomic E-state index is 11.6. The summed E-state index contributed by atoms with van der Waals surface area (Å²) in [5.74, 6) is -0.0823. The van der Waals surface area contributed by atoms with Gasteiger partial charge in [-0.1, -0.05) is 12.8 Å². The molecule has 0 aromatic carbocycles. The van der Waals surface area contributed by atoms with E-state index in [2.05, 4.69) is 30.7 Å². The molecule has 2 fully saturated rings. The molecule has 1 aliphatic heterocycles. The number of methoxy groups -OCH3 is 1. The first-order valence-corrected chi connectivity index (χ1v) is 7.48. The Morgan fingerprint density at radius 1 is 1.32 bits per heavy atom. The van der Waals surface area contributed by atoms with Gasteiger partial charge in [-0.15, -0.1) is 0 Å². The number of nitrogens with zero attached hydrogens (tertiary/aromatic N) is 2. The van der Waals surface area contributed by atoms with E-state index < -0.39 is 0 Å². The van der Waals surface area contributed by atoms with E-state index >= 15 is 0 Å². The van der Waals surface area contributed by atoms with Crippen molar-refractivity contribution in [1.82, 2.24) is 9.80 Å². The average Bonchev–Trinajstić information content (AvgIpc) is 2.87. The smallest absolute Gasteiger partial charge is 0.307 e. The van der Waals surface area contributed by atoms with Gasteiger partial charge in [0.15, 0.2) is 0 Å². The number of carbonyl (C=O) groups is 1. The molecule has 2 aliphatic rings. The van der Waals surface area contributed by atoms with Gasteiger partial charge in [0.2, 0.25) is 0 Å². The molecule has 2 rings (SSSR count). The van der Waals surface area contributed by atoms with Crippen molar-refractivity contribution in [3.05, 3.63) is 0 Å². The maximum Gasteiger partial charge on any atom is 0.307 e. The zero-order chi connectivity index (χ0) is 14.0. The van der Waals surface area contributed by atoms with E-state index in [1.54, 1.807) is 0 Å². The van der Waals surface area contributed by atoms with Crippen LogP contribution in [0.4, 0.5) is 0 Å². The highest BCUT2D eigenvalue weighted by molar-refractivity contribution is 5.70. The summed E-state index contributed by atoms with van der Waals surface area (Å²) in [6.45, 7) is 6.60. The Kier molecular flexibility index (Phi) is 4.51. The monoisotopic (exact) mass is 268 g/mol. The van der Waals surface area contributed by atoms with Crippen molar-refractivity contribution in [3.8, 4) is 0 Å². The standard InChI is InChI=1S/C15H28N2O2/c1-15(2)11-17(12-7-5-6-8-12)13(10-16(15)3)9-14(18)19-4/h12-13H,5-11H2,1-4H3. The number of carbonyl (C=O) groups excluding carboxylic acids is 1. The van der Waals surface area contributed by atoms with E-state index in [0.29, 0.717) is 18.5 Å². The minimum atomic E-state index is -0.0823. The van der Waals surface area contributed by atoms with Gasteiger partial charge in [-0.25, -0.2) is 0 Å². The average molecular weight is 268 g/mol. The summed E-state index contributed by atoms with van der Waals surface area (Å²) in [7, 11) is 3.65. The highest BCUT2D eigenvalue weighted by Crippen LogP contribution is 2.32. The van der Waals surface area contributed by atoms with Crippen LogP contribution in [0.5, 0.6) is 0 Å². The maximum atomic E-state index is 11.6. The zero-order valence-corrected chi connectivity index (χ0v) is 12.8. The van der Waals surface area contributed by atoms with E-state index in [-0.39, 0.29) is 11.5 Å². The Hall–Kier alpha value is -0.610. The van der Waals surface area contributed by atoms with Gasteiger partial charge < -0.3 is 4.74 Å². The molecule has 19 heavy (non-hydrogen) atoms. The Labute approximate surface area is 117 Å². The number of piperazine rings is 1. The fourth-order valence-electron chi connectivity index (χ4n) is 3.49. The van der Waals surface area contributed by atoms with E-state index in [1.165, 1.54) is 32.8 Å². The lowest BCUT2D eigenvalue weighted by Gasteiger charge is -2.51. The molecular weight excluding hydrogens is 240 g/mol. The second-order valence-electron chi connectivity index (χ2n) is 6.74. The molecule has 1 aliphatic carbocycles. The van der Waals surface area contributed by atoms with Gasteiger partial charge in [-0.05, 0) is 33.7 Å². The molecule has 0 N–H and O–H groups in total. The Morgan fingerprint density at radius 3 is 2.53 bits per heavy atom. The van der Waals surface area contributed by atoms with Gasteiger partial charge in [0.25, 0.3) is 0 Å². The van der Waals surface area contributed by atoms with Crippen LogP contribution in [0.2, 0.25) is 0 Å². The third kappa shape index (κ3) is 3.29. The first kappa shape index (κ1) is 14.8. The molecule has 1 saturated carbocycles. The second kappa shape index (κ2) is 5.80. The van der Waals surface area contributed by atoms with Crippen LogP contribution >= 0.6 is 0 Å². The number of hydrogen-bond acceptors (Lipinski definition) is 4. The summed E-state index contributed by atoms with van der Waals surface area (Å²) < 4.78 is 4.87. The Balaban J connectivity index is 2.10. The first-order chi connectivity index (χ1) is 8.94. The van der Waals surface area contributed by atoms with Crippen LogP contribution in [-0.2, 0) is 9.53 Å². The van der Waals surface area contributed by atoms with E-state index in [0.717, 1.165) is 13.1 Å². The summed E-state index contributed by atoms with van der Waals surface area (Å²) in [5.41, 5.74) is 0.190. The number of likely N-dealkylation sites (N-methyl/N-ethyl adjacent to an activating group) is 1. The van der Waals surface area contributed by atoms with Crippen molar-refractivity contribution in [2.45, 2.75) is 63.6 Å². The number of hydrogen-bond donors (Lipinski definition) is 0. The van der Waals surface area contributed by atoms with Gasteiger partial charge in [-0.2, -0.15) is 0 Å². The van der Waals surface area contributed by atoms with Crippen LogP contribution in [0.15, 0.2) is 0 Å². The van der Waals surface area contributed by atoms with E-state index in [9.17, 15) is 4.79 Å². The quantitative estimate of drug-likeness (QED) is 0.732. The fraction of sp³-hybridized carbons (Fsp3) is 0.933. The summed E-state index contributed by atoms with van der Waals surface area (Å²) in [5, 5.41) is 0. The van der Waals surface area contributed by atoms with Crippen molar-refractivity contribution >= 4 is 5.97 Å². The van der Waals surface area contributed by atoms with Crippen LogP contribution in [0.3, 0.4) is 0 Å². The van der Waals surface area contributed by atoms with Crippen LogP contribution in [-0.4, -0.2) is 60.6 Å². The predicted molar refractivity (Wildman–Crippen MR) is 76.1 cm³/mol. The Morgan fingerprint density at radius 2 is 1.95 bits per heavy atom. The lowest BCUT2D eigenvalue weighted by Crippen LogP contribution is -2.64. The van der Waals surface area contributed by atoms with Gasteiger partial charge in [-0.3, -0.25) is 14.6 Å². The molecule has 110 valence electrons. The molecule has 1 saturated heterocycles. The topological polar surface area (TPSA) is 32.8 Å². The van der Waals surface area contributed by atoms with Gasteiger partial charge in [0.1, 0.15) is 0 Å². The van der Waals surface area contributed by atoms with Crippen LogP contribution < -0.4 is 0 Å². The van der Waals surface area contributed by atoms with Crippen molar-refractivity contribution in [2.24, 2.45) is 0 Å². The lowest BCUT2D eigenvalue weighted by atomic mass is 9.93. The molecule has 0 amide bonds. The molecule has 0 radical (unpaired) electrons. The van der Waals surface area contributed by atoms with Crippen LogP contribution in [0.25, 0.3) is 0 Å². The lowest BCUT2D eigenvalue weighted by molar-refractivity contribution is -0.144. The number of rotatable bonds is 3. The summed E-state index contributed by atoms with van der Waals surface area (Å²) in [4.78, 5) is 16.6. The molecule has 1 unspecified atom stereocenters. The number of ether oxygens (including phenoxy) is 1. The van der Waals surface area contributed by atoms with Crippen molar-refractivity contribution in [2.75, 3.05) is 27.2 Å². The molecule has 1 heterocycles. The van der Waals surface area contributed by atoms with E-state index in [4.69, 9.17) is 4.74 Å². The molecule has 1 atom stereocenters. The normalized spacial score (nSPS) is 29.6. The second-order valence-corrected chi connectivity index (χ2v) is 6.74. The predicted octanol–water partition coefficient (Wildman–Crippen LogP) is 1.89. The SMILES string of the molecule is COC(=O)CC1CN(C)C(C)(C)CN1C1CCCC1. The molecule has 0 spiro atoms.